The molecule has 0 bridgehead atoms. The van der Waals surface area contributed by atoms with Crippen molar-refractivity contribution < 1.29 is 9.18 Å². The molecule has 22 heavy (non-hydrogen) atoms. The van der Waals surface area contributed by atoms with Crippen molar-refractivity contribution in [3.8, 4) is 6.07 Å². The number of amides is 2. The summed E-state index contributed by atoms with van der Waals surface area (Å²) in [5.41, 5.74) is 2.39. The van der Waals surface area contributed by atoms with Crippen LogP contribution in [0.1, 0.15) is 16.7 Å². The number of aryl methyl sites for hydroxylation is 1. The van der Waals surface area contributed by atoms with Crippen LogP contribution < -0.4 is 5.32 Å². The number of anilines is 1. The Hall–Kier alpha value is -2.87. The minimum atomic E-state index is -0.473. The zero-order chi connectivity index (χ0) is 16.1. The molecule has 0 aliphatic heterocycles. The Labute approximate surface area is 128 Å². The predicted molar refractivity (Wildman–Crippen MR) is 82.8 cm³/mol. The van der Waals surface area contributed by atoms with Crippen LogP contribution >= 0.6 is 0 Å². The SMILES string of the molecule is Cc1ccc(F)c(NC(=O)N(C)Cc2cccc(C#N)c2)c1. The van der Waals surface area contributed by atoms with Gasteiger partial charge in [-0.1, -0.05) is 18.2 Å². The van der Waals surface area contributed by atoms with E-state index in [4.69, 9.17) is 5.26 Å². The molecule has 0 aliphatic carbocycles. The first kappa shape index (κ1) is 15.5. The lowest BCUT2D eigenvalue weighted by molar-refractivity contribution is 0.220. The Morgan fingerprint density at radius 1 is 1.32 bits per heavy atom. The van der Waals surface area contributed by atoms with Gasteiger partial charge in [-0.05, 0) is 42.3 Å². The van der Waals surface area contributed by atoms with Crippen LogP contribution in [0.5, 0.6) is 0 Å². The van der Waals surface area contributed by atoms with Crippen molar-refractivity contribution in [1.29, 1.82) is 5.26 Å². The Kier molecular flexibility index (Phi) is 4.74. The largest absolute Gasteiger partial charge is 0.323 e. The first-order valence-electron chi connectivity index (χ1n) is 6.77. The molecule has 0 aromatic heterocycles. The standard InChI is InChI=1S/C17H16FN3O/c1-12-6-7-15(18)16(8-12)20-17(22)21(2)11-14-5-3-4-13(9-14)10-19/h3-9H,11H2,1-2H3,(H,20,22). The Morgan fingerprint density at radius 2 is 2.09 bits per heavy atom. The van der Waals surface area contributed by atoms with Crippen molar-refractivity contribution in [3.05, 3.63) is 65.0 Å². The molecule has 4 nitrogen and oxygen atoms in total. The van der Waals surface area contributed by atoms with Crippen molar-refractivity contribution in [2.45, 2.75) is 13.5 Å². The highest BCUT2D eigenvalue weighted by atomic mass is 19.1. The van der Waals surface area contributed by atoms with Crippen molar-refractivity contribution >= 4 is 11.7 Å². The molecule has 5 heteroatoms. The molecule has 0 radical (unpaired) electrons. The normalized spacial score (nSPS) is 9.91. The Balaban J connectivity index is 2.06. The zero-order valence-corrected chi connectivity index (χ0v) is 12.4. The minimum absolute atomic E-state index is 0.155. The fourth-order valence-corrected chi connectivity index (χ4v) is 2.03. The minimum Gasteiger partial charge on any atom is -0.323 e. The highest BCUT2D eigenvalue weighted by Crippen LogP contribution is 2.16. The van der Waals surface area contributed by atoms with Gasteiger partial charge in [-0.25, -0.2) is 9.18 Å². The van der Waals surface area contributed by atoms with Crippen LogP contribution in [0.25, 0.3) is 0 Å². The summed E-state index contributed by atoms with van der Waals surface area (Å²) >= 11 is 0. The third-order valence-electron chi connectivity index (χ3n) is 3.19. The zero-order valence-electron chi connectivity index (χ0n) is 12.4. The number of hydrogen-bond acceptors (Lipinski definition) is 2. The first-order chi connectivity index (χ1) is 10.5. The lowest BCUT2D eigenvalue weighted by Gasteiger charge is -2.18. The number of urea groups is 1. The van der Waals surface area contributed by atoms with Crippen molar-refractivity contribution in [2.24, 2.45) is 0 Å². The molecular weight excluding hydrogens is 281 g/mol. The van der Waals surface area contributed by atoms with E-state index in [1.165, 1.54) is 11.0 Å². The van der Waals surface area contributed by atoms with Crippen LogP contribution in [0.4, 0.5) is 14.9 Å². The fourth-order valence-electron chi connectivity index (χ4n) is 2.03. The number of rotatable bonds is 3. The van der Waals surface area contributed by atoms with Gasteiger partial charge in [-0.2, -0.15) is 5.26 Å². The lowest BCUT2D eigenvalue weighted by Crippen LogP contribution is -2.31. The molecule has 0 saturated heterocycles. The molecule has 0 spiro atoms. The highest BCUT2D eigenvalue weighted by Gasteiger charge is 2.12. The molecule has 2 amide bonds. The van der Waals surface area contributed by atoms with E-state index in [2.05, 4.69) is 11.4 Å². The summed E-state index contributed by atoms with van der Waals surface area (Å²) in [6.07, 6.45) is 0. The molecular formula is C17H16FN3O. The van der Waals surface area contributed by atoms with E-state index in [0.717, 1.165) is 11.1 Å². The van der Waals surface area contributed by atoms with Crippen molar-refractivity contribution in [3.63, 3.8) is 0 Å². The maximum absolute atomic E-state index is 13.6. The van der Waals surface area contributed by atoms with Crippen LogP contribution in [0, 0.1) is 24.1 Å². The topological polar surface area (TPSA) is 56.1 Å². The molecule has 1 N–H and O–H groups in total. The molecule has 0 unspecified atom stereocenters. The van der Waals surface area contributed by atoms with E-state index >= 15 is 0 Å². The second kappa shape index (κ2) is 6.72. The molecule has 0 heterocycles. The molecule has 112 valence electrons. The average molecular weight is 297 g/mol. The summed E-state index contributed by atoms with van der Waals surface area (Å²) in [7, 11) is 1.61. The number of nitriles is 1. The van der Waals surface area contributed by atoms with Gasteiger partial charge in [0.2, 0.25) is 0 Å². The summed E-state index contributed by atoms with van der Waals surface area (Å²) in [4.78, 5) is 13.5. The number of hydrogen-bond donors (Lipinski definition) is 1. The fraction of sp³-hybridized carbons (Fsp3) is 0.176. The third-order valence-corrected chi connectivity index (χ3v) is 3.19. The van der Waals surface area contributed by atoms with Crippen LogP contribution in [-0.2, 0) is 6.54 Å². The number of carbonyl (C=O) groups is 1. The summed E-state index contributed by atoms with van der Waals surface area (Å²) in [5.74, 6) is -0.473. The molecule has 0 aliphatic rings. The number of halogens is 1. The maximum Gasteiger partial charge on any atom is 0.321 e. The number of nitrogens with one attached hydrogen (secondary N) is 1. The van der Waals surface area contributed by atoms with Crippen molar-refractivity contribution in [1.82, 2.24) is 4.90 Å². The van der Waals surface area contributed by atoms with Gasteiger partial charge in [-0.15, -0.1) is 0 Å². The number of benzene rings is 2. The van der Waals surface area contributed by atoms with Crippen LogP contribution in [0.2, 0.25) is 0 Å². The number of nitrogens with zero attached hydrogens (tertiary/aromatic N) is 2. The molecule has 0 atom stereocenters. The van der Waals surface area contributed by atoms with Gasteiger partial charge < -0.3 is 10.2 Å². The molecule has 2 rings (SSSR count). The molecule has 2 aromatic rings. The third kappa shape index (κ3) is 3.83. The predicted octanol–water partition coefficient (Wildman–Crippen LogP) is 3.67. The quantitative estimate of drug-likeness (QED) is 0.939. The smallest absolute Gasteiger partial charge is 0.321 e. The van der Waals surface area contributed by atoms with E-state index < -0.39 is 11.8 Å². The van der Waals surface area contributed by atoms with Crippen LogP contribution in [0.15, 0.2) is 42.5 Å². The van der Waals surface area contributed by atoms with Gasteiger partial charge >= 0.3 is 6.03 Å². The first-order valence-corrected chi connectivity index (χ1v) is 6.77. The lowest BCUT2D eigenvalue weighted by atomic mass is 10.1. The summed E-state index contributed by atoms with van der Waals surface area (Å²) in [5, 5.41) is 11.4. The molecule has 0 saturated carbocycles. The van der Waals surface area contributed by atoms with Gasteiger partial charge in [0.25, 0.3) is 0 Å². The Morgan fingerprint density at radius 3 is 2.82 bits per heavy atom. The van der Waals surface area contributed by atoms with Gasteiger partial charge in [0.15, 0.2) is 0 Å². The van der Waals surface area contributed by atoms with E-state index in [1.807, 2.05) is 13.0 Å². The average Bonchev–Trinajstić information content (AvgIpc) is 2.51. The monoisotopic (exact) mass is 297 g/mol. The van der Waals surface area contributed by atoms with Gasteiger partial charge in [-0.3, -0.25) is 0 Å². The maximum atomic E-state index is 13.6. The van der Waals surface area contributed by atoms with E-state index in [-0.39, 0.29) is 5.69 Å². The summed E-state index contributed by atoms with van der Waals surface area (Å²) < 4.78 is 13.6. The van der Waals surface area contributed by atoms with Gasteiger partial charge in [0, 0.05) is 13.6 Å². The summed E-state index contributed by atoms with van der Waals surface area (Å²) in [6.45, 7) is 2.15. The molecule has 2 aromatic carbocycles. The highest BCUT2D eigenvalue weighted by molar-refractivity contribution is 5.89. The Bertz CT molecular complexity index is 737. The molecule has 0 fully saturated rings. The van der Waals surface area contributed by atoms with Gasteiger partial charge in [0.1, 0.15) is 5.82 Å². The van der Waals surface area contributed by atoms with E-state index in [0.29, 0.717) is 12.1 Å². The second-order valence-corrected chi connectivity index (χ2v) is 5.08. The number of carbonyl (C=O) groups excluding carboxylic acids is 1. The van der Waals surface area contributed by atoms with E-state index in [1.54, 1.807) is 37.4 Å². The second-order valence-electron chi connectivity index (χ2n) is 5.08. The van der Waals surface area contributed by atoms with Gasteiger partial charge in [0.05, 0.1) is 17.3 Å². The van der Waals surface area contributed by atoms with Crippen LogP contribution in [-0.4, -0.2) is 18.0 Å². The summed E-state index contributed by atoms with van der Waals surface area (Å²) in [6, 6.07) is 13.2. The van der Waals surface area contributed by atoms with Crippen LogP contribution in [0.3, 0.4) is 0 Å². The van der Waals surface area contributed by atoms with E-state index in [9.17, 15) is 9.18 Å². The van der Waals surface area contributed by atoms with Crippen molar-refractivity contribution in [2.75, 3.05) is 12.4 Å².